The number of nitrogens with one attached hydrogen (secondary N) is 1. The van der Waals surface area contributed by atoms with E-state index in [1.54, 1.807) is 18.3 Å². The lowest BCUT2D eigenvalue weighted by atomic mass is 10.2. The van der Waals surface area contributed by atoms with Crippen molar-refractivity contribution in [2.24, 2.45) is 0 Å². The number of rotatable bonds is 6. The maximum atomic E-state index is 11.6. The van der Waals surface area contributed by atoms with E-state index in [2.05, 4.69) is 17.2 Å². The van der Waals surface area contributed by atoms with Crippen molar-refractivity contribution in [3.63, 3.8) is 0 Å². The first-order chi connectivity index (χ1) is 7.74. The Morgan fingerprint density at radius 3 is 2.94 bits per heavy atom. The van der Waals surface area contributed by atoms with E-state index in [1.807, 2.05) is 0 Å². The molecule has 1 amide bonds. The first kappa shape index (κ1) is 12.5. The van der Waals surface area contributed by atoms with Crippen LogP contribution < -0.4 is 11.1 Å². The average Bonchev–Trinajstić information content (AvgIpc) is 2.28. The smallest absolute Gasteiger partial charge is 0.251 e. The molecule has 1 aromatic rings. The summed E-state index contributed by atoms with van der Waals surface area (Å²) in [5.74, 6) is 0.296. The molecule has 88 valence electrons. The van der Waals surface area contributed by atoms with Crippen LogP contribution in [0.2, 0.25) is 0 Å². The van der Waals surface area contributed by atoms with Gasteiger partial charge in [0.15, 0.2) is 0 Å². The Kier molecular flexibility index (Phi) is 5.32. The third kappa shape index (κ3) is 4.29. The maximum Gasteiger partial charge on any atom is 0.251 e. The molecule has 16 heavy (non-hydrogen) atoms. The molecule has 0 aliphatic heterocycles. The van der Waals surface area contributed by atoms with Crippen LogP contribution >= 0.6 is 0 Å². The second kappa shape index (κ2) is 6.82. The standard InChI is InChI=1S/C12H19N3O/c1-2-3-4-5-7-15-12(16)10-6-8-14-11(13)9-10/h6,8-9H,2-5,7H2,1H3,(H2,13,14)(H,15,16). The van der Waals surface area contributed by atoms with Crippen molar-refractivity contribution >= 4 is 11.7 Å². The lowest BCUT2D eigenvalue weighted by Crippen LogP contribution is -2.24. The minimum atomic E-state index is -0.0781. The minimum absolute atomic E-state index is 0.0781. The van der Waals surface area contributed by atoms with Gasteiger partial charge in [-0.3, -0.25) is 4.79 Å². The Hall–Kier alpha value is -1.58. The van der Waals surface area contributed by atoms with Gasteiger partial charge in [-0.1, -0.05) is 26.2 Å². The van der Waals surface area contributed by atoms with Crippen LogP contribution in [0.5, 0.6) is 0 Å². The van der Waals surface area contributed by atoms with Gasteiger partial charge in [-0.25, -0.2) is 4.98 Å². The number of pyridine rings is 1. The van der Waals surface area contributed by atoms with Gasteiger partial charge in [0.05, 0.1) is 0 Å². The molecule has 4 nitrogen and oxygen atoms in total. The number of carbonyl (C=O) groups excluding carboxylic acids is 1. The van der Waals surface area contributed by atoms with Crippen molar-refractivity contribution in [3.05, 3.63) is 23.9 Å². The van der Waals surface area contributed by atoms with Crippen LogP contribution in [0.3, 0.4) is 0 Å². The zero-order valence-corrected chi connectivity index (χ0v) is 9.70. The molecule has 0 saturated carbocycles. The highest BCUT2D eigenvalue weighted by Gasteiger charge is 2.04. The van der Waals surface area contributed by atoms with Crippen LogP contribution in [-0.4, -0.2) is 17.4 Å². The second-order valence-corrected chi connectivity index (χ2v) is 3.79. The summed E-state index contributed by atoms with van der Waals surface area (Å²) in [7, 11) is 0. The van der Waals surface area contributed by atoms with Gasteiger partial charge in [0.25, 0.3) is 5.91 Å². The van der Waals surface area contributed by atoms with Crippen molar-refractivity contribution in [1.82, 2.24) is 10.3 Å². The van der Waals surface area contributed by atoms with Crippen LogP contribution in [0.25, 0.3) is 0 Å². The molecule has 1 aromatic heterocycles. The zero-order valence-electron chi connectivity index (χ0n) is 9.70. The highest BCUT2D eigenvalue weighted by molar-refractivity contribution is 5.94. The van der Waals surface area contributed by atoms with Crippen molar-refractivity contribution < 1.29 is 4.79 Å². The van der Waals surface area contributed by atoms with E-state index in [-0.39, 0.29) is 5.91 Å². The number of hydrogen-bond donors (Lipinski definition) is 2. The highest BCUT2D eigenvalue weighted by atomic mass is 16.1. The van der Waals surface area contributed by atoms with Gasteiger partial charge in [0, 0.05) is 18.3 Å². The van der Waals surface area contributed by atoms with E-state index in [0.717, 1.165) is 19.4 Å². The summed E-state index contributed by atoms with van der Waals surface area (Å²) in [4.78, 5) is 15.5. The number of nitrogens with two attached hydrogens (primary N) is 1. The monoisotopic (exact) mass is 221 g/mol. The fourth-order valence-corrected chi connectivity index (χ4v) is 1.45. The van der Waals surface area contributed by atoms with E-state index >= 15 is 0 Å². The molecule has 0 bridgehead atoms. The molecule has 0 aliphatic carbocycles. The number of carbonyl (C=O) groups is 1. The number of unbranched alkanes of at least 4 members (excludes halogenated alkanes) is 3. The molecule has 0 aromatic carbocycles. The van der Waals surface area contributed by atoms with Gasteiger partial charge in [-0.15, -0.1) is 0 Å². The van der Waals surface area contributed by atoms with Crippen LogP contribution in [0.1, 0.15) is 43.0 Å². The Labute approximate surface area is 96.3 Å². The first-order valence-corrected chi connectivity index (χ1v) is 5.73. The summed E-state index contributed by atoms with van der Waals surface area (Å²) >= 11 is 0. The normalized spacial score (nSPS) is 10.1. The lowest BCUT2D eigenvalue weighted by Gasteiger charge is -2.05. The predicted octanol–water partition coefficient (Wildman–Crippen LogP) is 1.97. The van der Waals surface area contributed by atoms with E-state index in [0.29, 0.717) is 11.4 Å². The average molecular weight is 221 g/mol. The number of hydrogen-bond acceptors (Lipinski definition) is 3. The second-order valence-electron chi connectivity index (χ2n) is 3.79. The van der Waals surface area contributed by atoms with Crippen molar-refractivity contribution in [2.75, 3.05) is 12.3 Å². The number of anilines is 1. The Morgan fingerprint density at radius 2 is 2.25 bits per heavy atom. The van der Waals surface area contributed by atoms with E-state index in [4.69, 9.17) is 5.73 Å². The summed E-state index contributed by atoms with van der Waals surface area (Å²) in [6.45, 7) is 2.89. The molecule has 0 atom stereocenters. The van der Waals surface area contributed by atoms with Crippen LogP contribution in [0, 0.1) is 0 Å². The Bertz CT molecular complexity index is 339. The van der Waals surface area contributed by atoms with E-state index < -0.39 is 0 Å². The summed E-state index contributed by atoms with van der Waals surface area (Å²) in [5, 5.41) is 2.86. The van der Waals surface area contributed by atoms with Crippen molar-refractivity contribution in [2.45, 2.75) is 32.6 Å². The Morgan fingerprint density at radius 1 is 1.44 bits per heavy atom. The molecular formula is C12H19N3O. The van der Waals surface area contributed by atoms with Crippen LogP contribution in [0.4, 0.5) is 5.82 Å². The van der Waals surface area contributed by atoms with Crippen LogP contribution in [0.15, 0.2) is 18.3 Å². The molecule has 4 heteroatoms. The number of nitrogen functional groups attached to an aromatic ring is 1. The molecular weight excluding hydrogens is 202 g/mol. The van der Waals surface area contributed by atoms with E-state index in [1.165, 1.54) is 12.8 Å². The SMILES string of the molecule is CCCCCCNC(=O)c1ccnc(N)c1. The minimum Gasteiger partial charge on any atom is -0.384 e. The molecule has 0 fully saturated rings. The number of amides is 1. The molecule has 3 N–H and O–H groups in total. The maximum absolute atomic E-state index is 11.6. The largest absolute Gasteiger partial charge is 0.384 e. The fourth-order valence-electron chi connectivity index (χ4n) is 1.45. The number of aromatic nitrogens is 1. The molecule has 0 unspecified atom stereocenters. The molecule has 0 saturated heterocycles. The quantitative estimate of drug-likeness (QED) is 0.722. The van der Waals surface area contributed by atoms with Gasteiger partial charge in [0.2, 0.25) is 0 Å². The zero-order chi connectivity index (χ0) is 11.8. The third-order valence-electron chi connectivity index (χ3n) is 2.36. The topological polar surface area (TPSA) is 68.0 Å². The van der Waals surface area contributed by atoms with Crippen LogP contribution in [-0.2, 0) is 0 Å². The lowest BCUT2D eigenvalue weighted by molar-refractivity contribution is 0.0953. The number of nitrogens with zero attached hydrogens (tertiary/aromatic N) is 1. The Balaban J connectivity index is 2.30. The van der Waals surface area contributed by atoms with Gasteiger partial charge in [0.1, 0.15) is 5.82 Å². The molecule has 0 spiro atoms. The third-order valence-corrected chi connectivity index (χ3v) is 2.36. The molecule has 0 aliphatic rings. The van der Waals surface area contributed by atoms with E-state index in [9.17, 15) is 4.79 Å². The molecule has 1 heterocycles. The summed E-state index contributed by atoms with van der Waals surface area (Å²) in [5.41, 5.74) is 6.07. The van der Waals surface area contributed by atoms with Gasteiger partial charge < -0.3 is 11.1 Å². The van der Waals surface area contributed by atoms with Crippen molar-refractivity contribution in [1.29, 1.82) is 0 Å². The summed E-state index contributed by atoms with van der Waals surface area (Å²) < 4.78 is 0. The molecule has 1 rings (SSSR count). The van der Waals surface area contributed by atoms with Gasteiger partial charge in [-0.2, -0.15) is 0 Å². The van der Waals surface area contributed by atoms with Gasteiger partial charge in [-0.05, 0) is 18.6 Å². The van der Waals surface area contributed by atoms with Gasteiger partial charge >= 0.3 is 0 Å². The fraction of sp³-hybridized carbons (Fsp3) is 0.500. The summed E-state index contributed by atoms with van der Waals surface area (Å²) in [6, 6.07) is 3.25. The predicted molar refractivity (Wildman–Crippen MR) is 65.1 cm³/mol. The molecule has 0 radical (unpaired) electrons. The highest BCUT2D eigenvalue weighted by Crippen LogP contribution is 2.03. The summed E-state index contributed by atoms with van der Waals surface area (Å²) in [6.07, 6.45) is 6.16. The van der Waals surface area contributed by atoms with Crippen molar-refractivity contribution in [3.8, 4) is 0 Å². The first-order valence-electron chi connectivity index (χ1n) is 5.73.